The zero-order chi connectivity index (χ0) is 59.7. The van der Waals surface area contributed by atoms with Crippen LogP contribution in [0, 0.1) is 29.6 Å². The summed E-state index contributed by atoms with van der Waals surface area (Å²) in [6.45, 7) is 18.5. The number of nitrogens with two attached hydrogens (primary N) is 3. The van der Waals surface area contributed by atoms with Crippen LogP contribution in [0.3, 0.4) is 0 Å². The Morgan fingerprint density at radius 3 is 1.33 bits per heavy atom. The molecule has 0 spiro atoms. The summed E-state index contributed by atoms with van der Waals surface area (Å²) < 4.78 is 5.85. The van der Waals surface area contributed by atoms with E-state index in [9.17, 15) is 53.1 Å². The average Bonchev–Trinajstić information content (AvgIpc) is 3.38. The minimum atomic E-state index is -1.69. The second kappa shape index (κ2) is 34.7. The Morgan fingerprint density at radius 2 is 0.861 bits per heavy atom. The van der Waals surface area contributed by atoms with E-state index in [0.717, 1.165) is 0 Å². The monoisotopic (exact) mass is 1110 g/mol. The topological polar surface area (TPSA) is 386 Å². The number of cyclic esters (lactones) is 1. The lowest BCUT2D eigenvalue weighted by Gasteiger charge is -2.30. The highest BCUT2D eigenvalue weighted by Crippen LogP contribution is 2.19. The van der Waals surface area contributed by atoms with E-state index in [-0.39, 0.29) is 70.0 Å². The van der Waals surface area contributed by atoms with Crippen molar-refractivity contribution in [3.8, 4) is 0 Å². The highest BCUT2D eigenvalue weighted by Gasteiger charge is 2.39. The zero-order valence-electron chi connectivity index (χ0n) is 48.3. The molecule has 9 amide bonds. The molecular weight excluding hydrogens is 1020 g/mol. The van der Waals surface area contributed by atoms with Crippen LogP contribution in [0.1, 0.15) is 133 Å². The Morgan fingerprint density at radius 1 is 0.481 bits per heavy atom. The first-order chi connectivity index (χ1) is 37.2. The molecule has 0 aliphatic carbocycles. The van der Waals surface area contributed by atoms with Gasteiger partial charge in [-0.1, -0.05) is 112 Å². The van der Waals surface area contributed by atoms with E-state index >= 15 is 0 Å². The van der Waals surface area contributed by atoms with Crippen molar-refractivity contribution in [3.05, 3.63) is 35.9 Å². The number of benzene rings is 1. The molecule has 1 aliphatic rings. The molecule has 0 bridgehead atoms. The van der Waals surface area contributed by atoms with Crippen LogP contribution in [-0.2, 0) is 59.1 Å². The van der Waals surface area contributed by atoms with Gasteiger partial charge < -0.3 is 74.9 Å². The van der Waals surface area contributed by atoms with Gasteiger partial charge in [0, 0.05) is 6.42 Å². The molecular formula is C55H94N12O12. The highest BCUT2D eigenvalue weighted by molar-refractivity contribution is 5.98. The first kappa shape index (κ1) is 68.9. The fourth-order valence-corrected chi connectivity index (χ4v) is 8.77. The van der Waals surface area contributed by atoms with Gasteiger partial charge >= 0.3 is 5.97 Å². The standard InChI is InChI=1S/C55H94N12O12/c1-12-32(9)42-28-43(69)59-36(19-22-56)48(71)66-45(33(10)13-2)54(77)61-37(20-23-57)47(70)63-41(27-35-17-15-14-16-18-35)51(74)62-39(25-29(3)4)50(73)60-38(21-24-58)49(72)65-44(31(7)8)53(76)64-40(26-30(5)6)52(75)67-46(34(11)68)55(78)79-42/h14-18,29-34,36-42,44-46,68H,12-13,19-28,56-58H2,1-11H3,(H,59,69)(H,60,73)(H,61,77)(H,62,74)(H,63,70)(H,64,76)(H,65,72)(H,66,71)(H,67,75)/t32?,33?,34-,36?,37?,38?,39?,40?,41?,42?,44?,45?,46+/m1/s1. The third-order valence-corrected chi connectivity index (χ3v) is 13.9. The number of hydrogen-bond donors (Lipinski definition) is 13. The lowest BCUT2D eigenvalue weighted by atomic mass is 9.96. The summed E-state index contributed by atoms with van der Waals surface area (Å²) in [6, 6.07) is -3.33. The summed E-state index contributed by atoms with van der Waals surface area (Å²) in [5.74, 6) is -10.1. The van der Waals surface area contributed by atoms with Crippen molar-refractivity contribution >= 4 is 59.1 Å². The quantitative estimate of drug-likeness (QED) is 0.0799. The Labute approximate surface area is 466 Å². The number of hydrogen-bond acceptors (Lipinski definition) is 15. The summed E-state index contributed by atoms with van der Waals surface area (Å²) in [5.41, 5.74) is 18.5. The molecule has 1 saturated heterocycles. The van der Waals surface area contributed by atoms with Gasteiger partial charge in [0.15, 0.2) is 6.04 Å². The average molecular weight is 1120 g/mol. The summed E-state index contributed by atoms with van der Waals surface area (Å²) >= 11 is 0. The predicted molar refractivity (Wildman–Crippen MR) is 297 cm³/mol. The van der Waals surface area contributed by atoms with Crippen molar-refractivity contribution in [1.29, 1.82) is 0 Å². The molecule has 0 saturated carbocycles. The number of aliphatic hydroxyl groups excluding tert-OH is 1. The van der Waals surface area contributed by atoms with Crippen molar-refractivity contribution in [2.45, 2.75) is 201 Å². The van der Waals surface area contributed by atoms with Gasteiger partial charge in [0.05, 0.1) is 12.5 Å². The summed E-state index contributed by atoms with van der Waals surface area (Å²) in [5, 5.41) is 35.1. The molecule has 24 heteroatoms. The van der Waals surface area contributed by atoms with Crippen LogP contribution >= 0.6 is 0 Å². The lowest BCUT2D eigenvalue weighted by molar-refractivity contribution is -0.160. The Bertz CT molecular complexity index is 2160. The van der Waals surface area contributed by atoms with Crippen LogP contribution in [0.2, 0.25) is 0 Å². The van der Waals surface area contributed by atoms with E-state index in [0.29, 0.717) is 18.4 Å². The number of carbonyl (C=O) groups is 10. The third kappa shape index (κ3) is 23.2. The molecule has 0 radical (unpaired) electrons. The number of rotatable bonds is 18. The minimum absolute atomic E-state index is 0.0485. The van der Waals surface area contributed by atoms with Crippen molar-refractivity contribution in [3.63, 3.8) is 0 Å². The smallest absolute Gasteiger partial charge is 0.331 e. The van der Waals surface area contributed by atoms with Gasteiger partial charge in [-0.2, -0.15) is 0 Å². The van der Waals surface area contributed by atoms with Gasteiger partial charge in [0.2, 0.25) is 53.2 Å². The van der Waals surface area contributed by atoms with Crippen LogP contribution < -0.4 is 65.1 Å². The number of carbonyl (C=O) groups excluding carboxylic acids is 10. The fourth-order valence-electron chi connectivity index (χ4n) is 8.77. The summed E-state index contributed by atoms with van der Waals surface area (Å²) in [6.07, 6.45) is -2.56. The fraction of sp³-hybridized carbons (Fsp3) is 0.709. The van der Waals surface area contributed by atoms with Crippen molar-refractivity contribution < 1.29 is 57.8 Å². The molecule has 446 valence electrons. The molecule has 1 aliphatic heterocycles. The molecule has 1 aromatic carbocycles. The van der Waals surface area contributed by atoms with Gasteiger partial charge in [-0.25, -0.2) is 4.79 Å². The zero-order valence-corrected chi connectivity index (χ0v) is 48.3. The van der Waals surface area contributed by atoms with Gasteiger partial charge in [0.1, 0.15) is 54.4 Å². The largest absolute Gasteiger partial charge is 0.460 e. The van der Waals surface area contributed by atoms with E-state index in [1.807, 2.05) is 13.8 Å². The number of aliphatic hydroxyl groups is 1. The number of amides is 9. The molecule has 2 rings (SSSR count). The maximum atomic E-state index is 14.5. The predicted octanol–water partition coefficient (Wildman–Crippen LogP) is -0.825. The van der Waals surface area contributed by atoms with Crippen LogP contribution in [0.15, 0.2) is 30.3 Å². The van der Waals surface area contributed by atoms with Gasteiger partial charge in [-0.15, -0.1) is 0 Å². The van der Waals surface area contributed by atoms with Crippen LogP contribution in [0.25, 0.3) is 0 Å². The first-order valence-electron chi connectivity index (χ1n) is 28.0. The Hall–Kier alpha value is -6.24. The lowest BCUT2D eigenvalue weighted by Crippen LogP contribution is -2.62. The minimum Gasteiger partial charge on any atom is -0.460 e. The molecule has 24 nitrogen and oxygen atoms in total. The second-order valence-corrected chi connectivity index (χ2v) is 22.0. The molecule has 16 N–H and O–H groups in total. The molecule has 11 unspecified atom stereocenters. The van der Waals surface area contributed by atoms with Gasteiger partial charge in [0.25, 0.3) is 0 Å². The summed E-state index contributed by atoms with van der Waals surface area (Å²) in [7, 11) is 0. The molecule has 13 atom stereocenters. The van der Waals surface area contributed by atoms with Crippen molar-refractivity contribution in [2.24, 2.45) is 46.8 Å². The van der Waals surface area contributed by atoms with E-state index < -0.39 is 150 Å². The van der Waals surface area contributed by atoms with Gasteiger partial charge in [-0.05, 0) is 93.8 Å². The normalized spacial score (nSPS) is 26.9. The van der Waals surface area contributed by atoms with Crippen molar-refractivity contribution in [2.75, 3.05) is 19.6 Å². The molecule has 1 fully saturated rings. The summed E-state index contributed by atoms with van der Waals surface area (Å²) in [4.78, 5) is 142. The molecule has 1 heterocycles. The second-order valence-electron chi connectivity index (χ2n) is 22.0. The molecule has 79 heavy (non-hydrogen) atoms. The maximum Gasteiger partial charge on any atom is 0.331 e. The van der Waals surface area contributed by atoms with E-state index in [2.05, 4.69) is 47.9 Å². The molecule has 1 aromatic rings. The van der Waals surface area contributed by atoms with Crippen molar-refractivity contribution in [1.82, 2.24) is 47.9 Å². The van der Waals surface area contributed by atoms with Crippen LogP contribution in [0.5, 0.6) is 0 Å². The number of nitrogens with one attached hydrogen (secondary N) is 9. The van der Waals surface area contributed by atoms with E-state index in [1.54, 1.807) is 85.7 Å². The molecule has 0 aromatic heterocycles. The number of ether oxygens (including phenoxy) is 1. The Balaban J connectivity index is 2.84. The highest BCUT2D eigenvalue weighted by atomic mass is 16.5. The Kier molecular flexibility index (Phi) is 30.2. The maximum absolute atomic E-state index is 14.5. The SMILES string of the molecule is CCC(C)C1CC(=O)NC(CCN)C(=O)NC(C(C)CC)C(=O)NC(CCN)C(=O)NC(Cc2ccccc2)C(=O)NC(CC(C)C)C(=O)NC(CCN)C(=O)NC(C(C)C)C(=O)NC(CC(C)C)C(=O)N[C@@H]([C@@H](C)O)C(=O)O1. The van der Waals surface area contributed by atoms with Gasteiger partial charge in [-0.3, -0.25) is 43.2 Å². The number of esters is 1. The first-order valence-corrected chi connectivity index (χ1v) is 28.0. The van der Waals surface area contributed by atoms with Crippen LogP contribution in [-0.4, -0.2) is 150 Å². The van der Waals surface area contributed by atoms with E-state index in [1.165, 1.54) is 6.92 Å². The van der Waals surface area contributed by atoms with Crippen LogP contribution in [0.4, 0.5) is 0 Å². The third-order valence-electron chi connectivity index (χ3n) is 13.9. The van der Waals surface area contributed by atoms with E-state index in [4.69, 9.17) is 21.9 Å².